The van der Waals surface area contributed by atoms with Gasteiger partial charge in [0.2, 0.25) is 0 Å². The molecule has 0 fully saturated rings. The molecule has 3 aromatic carbocycles. The molecule has 2 bridgehead atoms. The van der Waals surface area contributed by atoms with Crippen LogP contribution in [0, 0.1) is 5.41 Å². The smallest absolute Gasteiger partial charge is 0.0790 e. The highest BCUT2D eigenvalue weighted by Crippen LogP contribution is 2.55. The molecule has 0 radical (unpaired) electrons. The number of aromatic nitrogens is 1. The quantitative estimate of drug-likeness (QED) is 0.181. The molecule has 3 unspecified atom stereocenters. The first-order valence-electron chi connectivity index (χ1n) is 16.0. The third-order valence-corrected chi connectivity index (χ3v) is 14.7. The van der Waals surface area contributed by atoms with Crippen LogP contribution in [0.3, 0.4) is 0 Å². The number of nitrogens with one attached hydrogen (secondary N) is 1. The van der Waals surface area contributed by atoms with Gasteiger partial charge in [-0.3, -0.25) is 0 Å². The van der Waals surface area contributed by atoms with Gasteiger partial charge in [0.15, 0.2) is 0 Å². The summed E-state index contributed by atoms with van der Waals surface area (Å²) < 4.78 is 0. The van der Waals surface area contributed by atoms with Crippen molar-refractivity contribution in [2.24, 2.45) is 5.41 Å². The fourth-order valence-electron chi connectivity index (χ4n) is 6.73. The minimum absolute atomic E-state index is 0.0744. The van der Waals surface area contributed by atoms with Gasteiger partial charge in [0, 0.05) is 32.4 Å². The summed E-state index contributed by atoms with van der Waals surface area (Å²) in [6, 6.07) is 23.7. The van der Waals surface area contributed by atoms with E-state index in [-0.39, 0.29) is 16.9 Å². The molecule has 4 aromatic rings. The Balaban J connectivity index is 1.74. The predicted octanol–water partition coefficient (Wildman–Crippen LogP) is 10.1. The molecule has 1 aliphatic heterocycles. The van der Waals surface area contributed by atoms with Crippen molar-refractivity contribution in [3.05, 3.63) is 89.3 Å². The minimum Gasteiger partial charge on any atom is -0.377 e. The first-order chi connectivity index (χ1) is 20.2. The van der Waals surface area contributed by atoms with E-state index in [9.17, 15) is 0 Å². The first-order valence-corrected chi connectivity index (χ1v) is 18.8. The minimum atomic E-state index is -0.676. The lowest BCUT2D eigenvalue weighted by Gasteiger charge is -2.38. The van der Waals surface area contributed by atoms with E-state index in [1.54, 1.807) is 5.31 Å². The highest BCUT2D eigenvalue weighted by atomic mass is 31.1. The lowest BCUT2D eigenvalue weighted by atomic mass is 9.82. The van der Waals surface area contributed by atoms with Crippen molar-refractivity contribution in [3.8, 4) is 0 Å². The van der Waals surface area contributed by atoms with Gasteiger partial charge in [-0.2, -0.15) is 0 Å². The maximum absolute atomic E-state index is 5.66. The lowest BCUT2D eigenvalue weighted by molar-refractivity contribution is 0.510. The van der Waals surface area contributed by atoms with Gasteiger partial charge in [0.25, 0.3) is 0 Å². The Morgan fingerprint density at radius 3 is 1.88 bits per heavy atom. The van der Waals surface area contributed by atoms with E-state index in [1.165, 1.54) is 54.5 Å². The normalized spacial score (nSPS) is 20.9. The second-order valence-corrected chi connectivity index (χ2v) is 20.5. The molecule has 0 saturated heterocycles. The Kier molecular flexibility index (Phi) is 7.89. The Morgan fingerprint density at radius 1 is 0.721 bits per heavy atom. The predicted molar refractivity (Wildman–Crippen MR) is 195 cm³/mol. The molecule has 2 aliphatic rings. The van der Waals surface area contributed by atoms with Crippen molar-refractivity contribution >= 4 is 59.3 Å². The van der Waals surface area contributed by atoms with Crippen LogP contribution in [-0.2, 0) is 5.41 Å². The van der Waals surface area contributed by atoms with E-state index >= 15 is 0 Å². The van der Waals surface area contributed by atoms with Gasteiger partial charge in [-0.05, 0) is 79.1 Å². The number of para-hydroxylation sites is 2. The number of pyridine rings is 1. The van der Waals surface area contributed by atoms with Gasteiger partial charge in [0.1, 0.15) is 0 Å². The molecule has 3 atom stereocenters. The van der Waals surface area contributed by atoms with E-state index < -0.39 is 15.8 Å². The Morgan fingerprint density at radius 2 is 1.33 bits per heavy atom. The molecule has 0 amide bonds. The maximum atomic E-state index is 5.66. The van der Waals surface area contributed by atoms with Gasteiger partial charge in [-0.1, -0.05) is 124 Å². The highest BCUT2D eigenvalue weighted by molar-refractivity contribution is 7.74. The maximum Gasteiger partial charge on any atom is 0.0790 e. The molecular formula is C39H48N2P2. The topological polar surface area (TPSA) is 24.9 Å². The number of nitrogens with zero attached hydrogens (tertiary/aromatic N) is 1. The van der Waals surface area contributed by atoms with Crippen molar-refractivity contribution in [2.45, 2.75) is 98.4 Å². The van der Waals surface area contributed by atoms with Crippen LogP contribution in [-0.4, -0.2) is 22.3 Å². The van der Waals surface area contributed by atoms with E-state index in [1.807, 2.05) is 0 Å². The molecular weight excluding hydrogens is 558 g/mol. The fraction of sp³-hybridized carbons (Fsp3) is 0.410. The van der Waals surface area contributed by atoms with Crippen molar-refractivity contribution < 1.29 is 0 Å². The summed E-state index contributed by atoms with van der Waals surface area (Å²) in [6.45, 7) is 23.7. The number of anilines is 1. The number of fused-ring (bicyclic) bond motifs is 2. The summed E-state index contributed by atoms with van der Waals surface area (Å²) in [5, 5.41) is 12.5. The number of allylic oxidation sites excluding steroid dienone is 2. The first kappa shape index (κ1) is 30.5. The number of hydrogen-bond donors (Lipinski definition) is 1. The monoisotopic (exact) mass is 606 g/mol. The zero-order chi connectivity index (χ0) is 30.8. The van der Waals surface area contributed by atoms with Crippen LogP contribution < -0.4 is 21.2 Å². The summed E-state index contributed by atoms with van der Waals surface area (Å²) in [7, 11) is -1.31. The van der Waals surface area contributed by atoms with Crippen LogP contribution in [0.1, 0.15) is 81.2 Å². The van der Waals surface area contributed by atoms with Crippen molar-refractivity contribution in [3.63, 3.8) is 0 Å². The van der Waals surface area contributed by atoms with Crippen LogP contribution in [0.4, 0.5) is 5.69 Å². The summed E-state index contributed by atoms with van der Waals surface area (Å²) in [5.74, 6) is 0. The molecule has 1 aromatic heterocycles. The van der Waals surface area contributed by atoms with Crippen LogP contribution in [0.15, 0.2) is 83.7 Å². The van der Waals surface area contributed by atoms with E-state index in [2.05, 4.69) is 147 Å². The summed E-state index contributed by atoms with van der Waals surface area (Å²) in [5.41, 5.74) is 7.65. The van der Waals surface area contributed by atoms with Crippen LogP contribution in [0.25, 0.3) is 21.8 Å². The van der Waals surface area contributed by atoms with Gasteiger partial charge in [0.05, 0.1) is 17.1 Å². The standard InChI is InChI=1S/C39H48N2P2/c1-24(2)42-32-15-11-13-26-21-27-14-12-16-33(37(27)41-36(26)32)43(25(3)4)35-23-29(39(8,9)10)18-20-31(35)40-30-19-17-28(22-34(30)42)38(5,6)7/h11-19,21-25,31,40H,20H2,1-10H3. The molecule has 2 heterocycles. The fourth-order valence-corrected chi connectivity index (χ4v) is 12.3. The summed E-state index contributed by atoms with van der Waals surface area (Å²) in [6.07, 6.45) is 6.07. The number of rotatable bonds is 2. The Labute approximate surface area is 262 Å². The molecule has 2 nitrogen and oxygen atoms in total. The number of benzene rings is 3. The van der Waals surface area contributed by atoms with Crippen molar-refractivity contribution in [1.29, 1.82) is 0 Å². The molecule has 0 spiro atoms. The molecule has 0 saturated carbocycles. The molecule has 6 rings (SSSR count). The second kappa shape index (κ2) is 11.1. The van der Waals surface area contributed by atoms with Gasteiger partial charge >= 0.3 is 0 Å². The largest absolute Gasteiger partial charge is 0.377 e. The van der Waals surface area contributed by atoms with Crippen LogP contribution in [0.2, 0.25) is 0 Å². The summed E-state index contributed by atoms with van der Waals surface area (Å²) >= 11 is 0. The average molecular weight is 607 g/mol. The second-order valence-electron chi connectivity index (χ2n) is 15.0. The van der Waals surface area contributed by atoms with E-state index in [0.29, 0.717) is 11.3 Å². The van der Waals surface area contributed by atoms with Gasteiger partial charge in [-0.25, -0.2) is 4.98 Å². The Bertz CT molecular complexity index is 1760. The average Bonchev–Trinajstić information content (AvgIpc) is 2.92. The van der Waals surface area contributed by atoms with E-state index in [0.717, 1.165) is 6.42 Å². The molecule has 4 heteroatoms. The van der Waals surface area contributed by atoms with E-state index in [4.69, 9.17) is 4.98 Å². The third kappa shape index (κ3) is 5.60. The van der Waals surface area contributed by atoms with Crippen LogP contribution >= 0.6 is 15.8 Å². The molecule has 1 N–H and O–H groups in total. The molecule has 1 aliphatic carbocycles. The van der Waals surface area contributed by atoms with Gasteiger partial charge < -0.3 is 5.32 Å². The van der Waals surface area contributed by atoms with Crippen LogP contribution in [0.5, 0.6) is 0 Å². The zero-order valence-electron chi connectivity index (χ0n) is 27.7. The zero-order valence-corrected chi connectivity index (χ0v) is 29.5. The van der Waals surface area contributed by atoms with Crippen molar-refractivity contribution in [1.82, 2.24) is 4.98 Å². The summed E-state index contributed by atoms with van der Waals surface area (Å²) in [4.78, 5) is 5.66. The van der Waals surface area contributed by atoms with Crippen molar-refractivity contribution in [2.75, 3.05) is 5.32 Å². The highest BCUT2D eigenvalue weighted by Gasteiger charge is 2.34. The lowest BCUT2D eigenvalue weighted by Crippen LogP contribution is -2.32. The molecule has 224 valence electrons. The Hall–Kier alpha value is -2.53. The molecule has 43 heavy (non-hydrogen) atoms. The van der Waals surface area contributed by atoms with Gasteiger partial charge in [-0.15, -0.1) is 0 Å². The number of hydrogen-bond acceptors (Lipinski definition) is 2. The SMILES string of the molecule is CC(C)P1C2=CC(C(C)(C)C)=CCC2Nc2ccc(C(C)(C)C)cc2P(C(C)C)c2cccc3cc4cccc1c4nc23. The third-order valence-electron chi connectivity index (χ3n) is 9.01.